The van der Waals surface area contributed by atoms with Crippen LogP contribution in [-0.2, 0) is 16.0 Å². The van der Waals surface area contributed by atoms with E-state index < -0.39 is 5.97 Å². The van der Waals surface area contributed by atoms with Gasteiger partial charge in [-0.3, -0.25) is 0 Å². The van der Waals surface area contributed by atoms with Gasteiger partial charge in [0.15, 0.2) is 0 Å². The Labute approximate surface area is 112 Å². The number of nitrogens with zero attached hydrogens (tertiary/aromatic N) is 1. The number of esters is 1. The number of hydrogen-bond donors (Lipinski definition) is 1. The van der Waals surface area contributed by atoms with Crippen LogP contribution in [0.5, 0.6) is 0 Å². The second-order valence-corrected chi connectivity index (χ2v) is 4.65. The Morgan fingerprint density at radius 1 is 1.63 bits per heavy atom. The van der Waals surface area contributed by atoms with Crippen molar-refractivity contribution in [3.8, 4) is 0 Å². The van der Waals surface area contributed by atoms with E-state index in [2.05, 4.69) is 22.0 Å². The summed E-state index contributed by atoms with van der Waals surface area (Å²) in [5, 5.41) is 3.28. The summed E-state index contributed by atoms with van der Waals surface area (Å²) in [7, 11) is 3.43. The van der Waals surface area contributed by atoms with Crippen molar-refractivity contribution in [2.75, 3.05) is 40.4 Å². The van der Waals surface area contributed by atoms with Crippen LogP contribution in [0.3, 0.4) is 0 Å². The molecular formula is C13H20N2O4. The fraction of sp³-hybridized carbons (Fsp3) is 0.615. The molecule has 1 aliphatic rings. The van der Waals surface area contributed by atoms with Crippen molar-refractivity contribution in [3.05, 3.63) is 23.7 Å². The van der Waals surface area contributed by atoms with Gasteiger partial charge in [0.1, 0.15) is 0 Å². The first-order chi connectivity index (χ1) is 9.20. The van der Waals surface area contributed by atoms with Crippen molar-refractivity contribution >= 4 is 5.97 Å². The predicted molar refractivity (Wildman–Crippen MR) is 69.0 cm³/mol. The number of ether oxygens (including phenoxy) is 2. The Kier molecular flexibility index (Phi) is 4.95. The summed E-state index contributed by atoms with van der Waals surface area (Å²) < 4.78 is 15.4. The summed E-state index contributed by atoms with van der Waals surface area (Å²) in [6.45, 7) is 3.97. The summed E-state index contributed by atoms with van der Waals surface area (Å²) in [5.41, 5.74) is 0.802. The van der Waals surface area contributed by atoms with E-state index >= 15 is 0 Å². The van der Waals surface area contributed by atoms with Gasteiger partial charge in [0.05, 0.1) is 26.1 Å². The zero-order valence-corrected chi connectivity index (χ0v) is 11.3. The van der Waals surface area contributed by atoms with Crippen molar-refractivity contribution in [2.45, 2.75) is 12.6 Å². The molecular weight excluding hydrogens is 248 g/mol. The van der Waals surface area contributed by atoms with Gasteiger partial charge < -0.3 is 24.1 Å². The monoisotopic (exact) mass is 268 g/mol. The molecule has 2 heterocycles. The van der Waals surface area contributed by atoms with Crippen molar-refractivity contribution in [1.29, 1.82) is 0 Å². The molecule has 1 unspecified atom stereocenters. The molecule has 106 valence electrons. The van der Waals surface area contributed by atoms with E-state index in [0.29, 0.717) is 6.54 Å². The minimum atomic E-state index is -0.449. The molecule has 1 N–H and O–H groups in total. The normalized spacial score (nSPS) is 20.4. The first-order valence-corrected chi connectivity index (χ1v) is 6.36. The Balaban J connectivity index is 1.79. The van der Waals surface area contributed by atoms with Crippen molar-refractivity contribution in [2.24, 2.45) is 0 Å². The first kappa shape index (κ1) is 14.0. The van der Waals surface area contributed by atoms with E-state index in [-0.39, 0.29) is 11.9 Å². The molecule has 0 spiro atoms. The highest BCUT2D eigenvalue weighted by Gasteiger charge is 2.18. The molecule has 1 aromatic rings. The molecule has 6 heteroatoms. The fourth-order valence-corrected chi connectivity index (χ4v) is 2.10. The van der Waals surface area contributed by atoms with Crippen LogP contribution >= 0.6 is 0 Å². The van der Waals surface area contributed by atoms with E-state index in [1.54, 1.807) is 6.07 Å². The second kappa shape index (κ2) is 6.70. The third-order valence-electron chi connectivity index (χ3n) is 3.15. The zero-order valence-electron chi connectivity index (χ0n) is 11.3. The van der Waals surface area contributed by atoms with Crippen molar-refractivity contribution < 1.29 is 18.7 Å². The molecule has 0 aromatic carbocycles. The third-order valence-corrected chi connectivity index (χ3v) is 3.15. The summed E-state index contributed by atoms with van der Waals surface area (Å²) >= 11 is 0. The van der Waals surface area contributed by atoms with Gasteiger partial charge in [0.25, 0.3) is 0 Å². The van der Waals surface area contributed by atoms with Gasteiger partial charge in [-0.15, -0.1) is 0 Å². The number of furan rings is 1. The maximum Gasteiger partial charge on any atom is 0.374 e. The second-order valence-electron chi connectivity index (χ2n) is 4.65. The van der Waals surface area contributed by atoms with Gasteiger partial charge in [-0.25, -0.2) is 4.79 Å². The molecule has 0 saturated carbocycles. The Morgan fingerprint density at radius 2 is 2.47 bits per heavy atom. The maximum absolute atomic E-state index is 11.4. The summed E-state index contributed by atoms with van der Waals surface area (Å²) in [4.78, 5) is 13.7. The SMILES string of the molecule is COC(=O)c1occc1CNCC1CN(C)CCO1. The van der Waals surface area contributed by atoms with Crippen LogP contribution in [0.15, 0.2) is 16.7 Å². The number of morpholine rings is 1. The highest BCUT2D eigenvalue weighted by molar-refractivity contribution is 5.87. The molecule has 0 amide bonds. The van der Waals surface area contributed by atoms with Crippen LogP contribution in [0.4, 0.5) is 0 Å². The third kappa shape index (κ3) is 3.79. The largest absolute Gasteiger partial charge is 0.463 e. The molecule has 1 aromatic heterocycles. The van der Waals surface area contributed by atoms with E-state index in [1.165, 1.54) is 13.4 Å². The molecule has 1 aliphatic heterocycles. The van der Waals surface area contributed by atoms with Crippen molar-refractivity contribution in [1.82, 2.24) is 10.2 Å². The number of hydrogen-bond acceptors (Lipinski definition) is 6. The van der Waals surface area contributed by atoms with Crippen molar-refractivity contribution in [3.63, 3.8) is 0 Å². The first-order valence-electron chi connectivity index (χ1n) is 6.36. The van der Waals surface area contributed by atoms with Crippen LogP contribution in [0.1, 0.15) is 16.1 Å². The Bertz CT molecular complexity index is 419. The van der Waals surface area contributed by atoms with Crippen LogP contribution in [0.25, 0.3) is 0 Å². The maximum atomic E-state index is 11.4. The summed E-state index contributed by atoms with van der Waals surface area (Å²) in [6, 6.07) is 1.77. The van der Waals surface area contributed by atoms with Crippen LogP contribution < -0.4 is 5.32 Å². The number of carbonyl (C=O) groups is 1. The number of methoxy groups -OCH3 is 1. The van der Waals surface area contributed by atoms with Crippen LogP contribution in [0.2, 0.25) is 0 Å². The number of rotatable bonds is 5. The number of carbonyl (C=O) groups excluding carboxylic acids is 1. The lowest BCUT2D eigenvalue weighted by Crippen LogP contribution is -2.44. The molecule has 0 radical (unpaired) electrons. The van der Waals surface area contributed by atoms with Gasteiger partial charge >= 0.3 is 5.97 Å². The minimum absolute atomic E-state index is 0.187. The van der Waals surface area contributed by atoms with Gasteiger partial charge in [0.2, 0.25) is 5.76 Å². The van der Waals surface area contributed by atoms with E-state index in [1.807, 2.05) is 0 Å². The number of nitrogens with one attached hydrogen (secondary N) is 1. The molecule has 19 heavy (non-hydrogen) atoms. The number of likely N-dealkylation sites (N-methyl/N-ethyl adjacent to an activating group) is 1. The molecule has 1 atom stereocenters. The van der Waals surface area contributed by atoms with Crippen LogP contribution in [0, 0.1) is 0 Å². The predicted octanol–water partition coefficient (Wildman–Crippen LogP) is 0.486. The van der Waals surface area contributed by atoms with Crippen LogP contribution in [-0.4, -0.2) is 57.4 Å². The minimum Gasteiger partial charge on any atom is -0.463 e. The zero-order chi connectivity index (χ0) is 13.7. The average molecular weight is 268 g/mol. The van der Waals surface area contributed by atoms with Gasteiger partial charge in [-0.2, -0.15) is 0 Å². The quantitative estimate of drug-likeness (QED) is 0.784. The van der Waals surface area contributed by atoms with Gasteiger partial charge in [-0.1, -0.05) is 0 Å². The smallest absolute Gasteiger partial charge is 0.374 e. The molecule has 2 rings (SSSR count). The molecule has 1 fully saturated rings. The van der Waals surface area contributed by atoms with Gasteiger partial charge in [0, 0.05) is 31.7 Å². The van der Waals surface area contributed by atoms with E-state index in [4.69, 9.17) is 9.15 Å². The Morgan fingerprint density at radius 3 is 3.21 bits per heavy atom. The highest BCUT2D eigenvalue weighted by atomic mass is 16.5. The highest BCUT2D eigenvalue weighted by Crippen LogP contribution is 2.11. The molecule has 0 bridgehead atoms. The lowest BCUT2D eigenvalue weighted by atomic mass is 10.2. The average Bonchev–Trinajstić information content (AvgIpc) is 2.86. The summed E-state index contributed by atoms with van der Waals surface area (Å²) in [5.74, 6) is -0.188. The fourth-order valence-electron chi connectivity index (χ4n) is 2.10. The van der Waals surface area contributed by atoms with E-state index in [0.717, 1.165) is 31.8 Å². The topological polar surface area (TPSA) is 63.9 Å². The van der Waals surface area contributed by atoms with Gasteiger partial charge in [-0.05, 0) is 13.1 Å². The Hall–Kier alpha value is -1.37. The molecule has 6 nitrogen and oxygen atoms in total. The van der Waals surface area contributed by atoms with E-state index in [9.17, 15) is 4.79 Å². The summed E-state index contributed by atoms with van der Waals surface area (Å²) in [6.07, 6.45) is 1.68. The molecule has 0 aliphatic carbocycles. The lowest BCUT2D eigenvalue weighted by Gasteiger charge is -2.30. The molecule has 1 saturated heterocycles. The standard InChI is InChI=1S/C13H20N2O4/c1-15-4-6-18-11(9-15)8-14-7-10-3-5-19-12(10)13(16)17-2/h3,5,11,14H,4,6-9H2,1-2H3. The lowest BCUT2D eigenvalue weighted by molar-refractivity contribution is -0.0182.